The number of benzene rings is 1. The van der Waals surface area contributed by atoms with Crippen molar-refractivity contribution in [1.82, 2.24) is 24.4 Å². The Labute approximate surface area is 187 Å². The van der Waals surface area contributed by atoms with E-state index in [4.69, 9.17) is 19.7 Å². The summed E-state index contributed by atoms with van der Waals surface area (Å²) in [4.78, 5) is 19.1. The zero-order chi connectivity index (χ0) is 20.7. The molecule has 0 saturated carbocycles. The van der Waals surface area contributed by atoms with Crippen molar-refractivity contribution in [2.45, 2.75) is 25.8 Å². The maximum Gasteiger partial charge on any atom is 0.166 e. The predicted molar refractivity (Wildman–Crippen MR) is 122 cm³/mol. The number of rotatable bonds is 3. The van der Waals surface area contributed by atoms with E-state index in [1.807, 2.05) is 13.0 Å². The maximum absolute atomic E-state index is 14.8. The van der Waals surface area contributed by atoms with Gasteiger partial charge in [0.15, 0.2) is 17.0 Å². The van der Waals surface area contributed by atoms with Gasteiger partial charge in [-0.05, 0) is 38.9 Å². The molecule has 0 amide bonds. The third-order valence-corrected chi connectivity index (χ3v) is 6.11. The molecule has 5 rings (SSSR count). The highest BCUT2D eigenvalue weighted by Crippen LogP contribution is 2.36. The van der Waals surface area contributed by atoms with Gasteiger partial charge in [-0.25, -0.2) is 19.3 Å². The first-order valence-corrected chi connectivity index (χ1v) is 10.6. The van der Waals surface area contributed by atoms with Crippen LogP contribution < -0.4 is 4.90 Å². The Morgan fingerprint density at radius 3 is 2.42 bits per heavy atom. The van der Waals surface area contributed by atoms with E-state index in [1.54, 1.807) is 12.1 Å². The van der Waals surface area contributed by atoms with Crippen LogP contribution in [-0.2, 0) is 4.74 Å². The molecule has 0 radical (unpaired) electrons. The molecule has 0 spiro atoms. The van der Waals surface area contributed by atoms with Gasteiger partial charge in [0.2, 0.25) is 0 Å². The van der Waals surface area contributed by atoms with Gasteiger partial charge in [-0.1, -0.05) is 12.1 Å². The van der Waals surface area contributed by atoms with E-state index in [0.717, 1.165) is 56.0 Å². The molecular formula is C22H28ClFN6O. The molecule has 166 valence electrons. The second kappa shape index (κ2) is 9.06. The Bertz CT molecular complexity index is 1060. The largest absolute Gasteiger partial charge is 0.381 e. The lowest BCUT2D eigenvalue weighted by atomic mass is 10.1. The normalized spacial score (nSPS) is 18.4. The quantitative estimate of drug-likeness (QED) is 0.614. The molecule has 7 nitrogen and oxygen atoms in total. The van der Waals surface area contributed by atoms with E-state index < -0.39 is 0 Å². The highest BCUT2D eigenvalue weighted by Gasteiger charge is 2.28. The van der Waals surface area contributed by atoms with Gasteiger partial charge in [-0.2, -0.15) is 0 Å². The number of likely N-dealkylation sites (N-methyl/N-ethyl adjacent to an activating group) is 1. The number of nitrogens with zero attached hydrogens (tertiary/aromatic N) is 6. The van der Waals surface area contributed by atoms with Gasteiger partial charge >= 0.3 is 0 Å². The molecule has 4 heterocycles. The Hall–Kier alpha value is -2.29. The standard InChI is InChI=1S/C22H27FN6O.ClH/c1-15-24-21(28-11-9-27(2)10-12-28)19-22(25-15)29(16-7-13-30-14-8-16)20(26-19)17-5-3-4-6-18(17)23;/h3-6,16H,7-14H2,1-2H3;1H. The minimum Gasteiger partial charge on any atom is -0.381 e. The summed E-state index contributed by atoms with van der Waals surface area (Å²) in [6.45, 7) is 7.04. The minimum absolute atomic E-state index is 0. The monoisotopic (exact) mass is 446 g/mol. The number of fused-ring (bicyclic) bond motifs is 1. The van der Waals surface area contributed by atoms with Gasteiger partial charge in [0.1, 0.15) is 17.5 Å². The smallest absolute Gasteiger partial charge is 0.166 e. The fourth-order valence-electron chi connectivity index (χ4n) is 4.43. The Balaban J connectivity index is 0.00000231. The van der Waals surface area contributed by atoms with E-state index >= 15 is 0 Å². The van der Waals surface area contributed by atoms with Crippen LogP contribution in [0.15, 0.2) is 24.3 Å². The van der Waals surface area contributed by atoms with Crippen molar-refractivity contribution in [1.29, 1.82) is 0 Å². The van der Waals surface area contributed by atoms with Gasteiger partial charge in [0, 0.05) is 45.4 Å². The maximum atomic E-state index is 14.8. The zero-order valence-corrected chi connectivity index (χ0v) is 18.7. The summed E-state index contributed by atoms with van der Waals surface area (Å²) in [5.41, 5.74) is 2.06. The van der Waals surface area contributed by atoms with Crippen LogP contribution in [0, 0.1) is 12.7 Å². The number of anilines is 1. The molecule has 0 atom stereocenters. The molecule has 2 aromatic heterocycles. The highest BCUT2D eigenvalue weighted by molar-refractivity contribution is 5.87. The van der Waals surface area contributed by atoms with Crippen LogP contribution in [0.3, 0.4) is 0 Å². The summed E-state index contributed by atoms with van der Waals surface area (Å²) in [6, 6.07) is 7.02. The first kappa shape index (κ1) is 21.9. The Morgan fingerprint density at radius 1 is 1.00 bits per heavy atom. The van der Waals surface area contributed by atoms with Crippen molar-refractivity contribution < 1.29 is 9.13 Å². The molecule has 0 unspecified atom stereocenters. The molecule has 2 fully saturated rings. The minimum atomic E-state index is -0.271. The third kappa shape index (κ3) is 4.12. The van der Waals surface area contributed by atoms with Crippen molar-refractivity contribution in [3.05, 3.63) is 35.9 Å². The molecule has 3 aromatic rings. The summed E-state index contributed by atoms with van der Waals surface area (Å²) in [7, 11) is 2.13. The van der Waals surface area contributed by atoms with Crippen LogP contribution in [-0.4, -0.2) is 70.9 Å². The molecule has 2 aliphatic rings. The third-order valence-electron chi connectivity index (χ3n) is 6.11. The van der Waals surface area contributed by atoms with Crippen LogP contribution in [0.4, 0.5) is 10.2 Å². The number of hydrogen-bond acceptors (Lipinski definition) is 6. The van der Waals surface area contributed by atoms with Crippen LogP contribution in [0.1, 0.15) is 24.7 Å². The van der Waals surface area contributed by atoms with Crippen molar-refractivity contribution in [3.8, 4) is 11.4 Å². The van der Waals surface area contributed by atoms with Crippen molar-refractivity contribution in [3.63, 3.8) is 0 Å². The van der Waals surface area contributed by atoms with Gasteiger partial charge in [0.05, 0.1) is 5.56 Å². The Morgan fingerprint density at radius 2 is 1.71 bits per heavy atom. The number of hydrogen-bond donors (Lipinski definition) is 0. The van der Waals surface area contributed by atoms with Crippen LogP contribution in [0.25, 0.3) is 22.6 Å². The van der Waals surface area contributed by atoms with E-state index in [9.17, 15) is 4.39 Å². The predicted octanol–water partition coefficient (Wildman–Crippen LogP) is 3.47. The van der Waals surface area contributed by atoms with Crippen LogP contribution in [0.2, 0.25) is 0 Å². The molecule has 2 aliphatic heterocycles. The summed E-state index contributed by atoms with van der Waals surface area (Å²) >= 11 is 0. The van der Waals surface area contributed by atoms with E-state index in [2.05, 4.69) is 21.4 Å². The summed E-state index contributed by atoms with van der Waals surface area (Å²) < 4.78 is 22.5. The fourth-order valence-corrected chi connectivity index (χ4v) is 4.43. The van der Waals surface area contributed by atoms with E-state index in [0.29, 0.717) is 30.4 Å². The summed E-state index contributed by atoms with van der Waals surface area (Å²) in [5, 5.41) is 0. The average molecular weight is 447 g/mol. The van der Waals surface area contributed by atoms with Crippen LogP contribution in [0.5, 0.6) is 0 Å². The molecule has 0 bridgehead atoms. The molecule has 2 saturated heterocycles. The van der Waals surface area contributed by atoms with Gasteiger partial charge in [-0.15, -0.1) is 12.4 Å². The van der Waals surface area contributed by atoms with Gasteiger partial charge in [-0.3, -0.25) is 0 Å². The van der Waals surface area contributed by atoms with Crippen LogP contribution >= 0.6 is 12.4 Å². The first-order valence-electron chi connectivity index (χ1n) is 10.6. The van der Waals surface area contributed by atoms with Gasteiger partial charge < -0.3 is 19.1 Å². The Kier molecular flexibility index (Phi) is 6.41. The van der Waals surface area contributed by atoms with Crippen molar-refractivity contribution in [2.24, 2.45) is 0 Å². The topological polar surface area (TPSA) is 59.3 Å². The summed E-state index contributed by atoms with van der Waals surface area (Å²) in [5.74, 6) is 1.93. The SMILES string of the molecule is Cc1nc(N2CCN(C)CC2)c2nc(-c3ccccc3F)n(C3CCOCC3)c2n1.Cl. The lowest BCUT2D eigenvalue weighted by Crippen LogP contribution is -2.45. The molecular weight excluding hydrogens is 419 g/mol. The average Bonchev–Trinajstić information content (AvgIpc) is 3.13. The lowest BCUT2D eigenvalue weighted by molar-refractivity contribution is 0.0708. The number of aromatic nitrogens is 4. The lowest BCUT2D eigenvalue weighted by Gasteiger charge is -2.33. The van der Waals surface area contributed by atoms with E-state index in [1.165, 1.54) is 6.07 Å². The zero-order valence-electron chi connectivity index (χ0n) is 17.9. The molecule has 1 aromatic carbocycles. The number of ether oxygens (including phenoxy) is 1. The molecule has 0 N–H and O–H groups in total. The van der Waals surface area contributed by atoms with Crippen molar-refractivity contribution >= 4 is 29.4 Å². The first-order chi connectivity index (χ1) is 14.6. The molecule has 31 heavy (non-hydrogen) atoms. The highest BCUT2D eigenvalue weighted by atomic mass is 35.5. The number of imidazole rings is 1. The second-order valence-electron chi connectivity index (χ2n) is 8.19. The fraction of sp³-hybridized carbons (Fsp3) is 0.500. The van der Waals surface area contributed by atoms with E-state index in [-0.39, 0.29) is 24.3 Å². The molecule has 9 heteroatoms. The summed E-state index contributed by atoms with van der Waals surface area (Å²) in [6.07, 6.45) is 1.72. The number of piperazine rings is 1. The number of halogens is 2. The second-order valence-corrected chi connectivity index (χ2v) is 8.19. The van der Waals surface area contributed by atoms with Crippen molar-refractivity contribution in [2.75, 3.05) is 51.3 Å². The number of aryl methyl sites for hydroxylation is 1. The molecule has 0 aliphatic carbocycles. The van der Waals surface area contributed by atoms with Gasteiger partial charge in [0.25, 0.3) is 0 Å².